The topological polar surface area (TPSA) is 51.1 Å². The number of oxime groups is 1. The summed E-state index contributed by atoms with van der Waals surface area (Å²) in [5.41, 5.74) is 2.70. The van der Waals surface area contributed by atoms with E-state index >= 15 is 0 Å². The van der Waals surface area contributed by atoms with Crippen LogP contribution in [0, 0.1) is 40.9 Å². The van der Waals surface area contributed by atoms with E-state index in [4.69, 9.17) is 9.47 Å². The molecule has 6 aliphatic rings. The molecule has 4 unspecified atom stereocenters. The second kappa shape index (κ2) is 5.95. The zero-order valence-corrected chi connectivity index (χ0v) is 17.1. The Bertz CT molecular complexity index is 772. The maximum Gasteiger partial charge on any atom is 0.177 e. The van der Waals surface area contributed by atoms with Gasteiger partial charge in [-0.2, -0.15) is 0 Å². The fraction of sp³-hybridized carbons (Fsp3) is 0.792. The minimum Gasteiger partial charge on any atom is -0.411 e. The third-order valence-electron chi connectivity index (χ3n) is 9.83. The summed E-state index contributed by atoms with van der Waals surface area (Å²) in [7, 11) is 1.77. The van der Waals surface area contributed by atoms with Gasteiger partial charge in [0.25, 0.3) is 0 Å². The largest absolute Gasteiger partial charge is 0.411 e. The van der Waals surface area contributed by atoms with Crippen molar-refractivity contribution in [2.45, 2.75) is 70.2 Å². The first-order valence-electron chi connectivity index (χ1n) is 11.5. The molecule has 152 valence electrons. The molecule has 0 saturated heterocycles. The van der Waals surface area contributed by atoms with Crippen molar-refractivity contribution in [3.8, 4) is 0 Å². The van der Waals surface area contributed by atoms with E-state index in [1.165, 1.54) is 44.9 Å². The molecule has 0 radical (unpaired) electrons. The Kier molecular flexibility index (Phi) is 3.76. The van der Waals surface area contributed by atoms with Gasteiger partial charge in [0.05, 0.1) is 11.3 Å². The van der Waals surface area contributed by atoms with Gasteiger partial charge in [-0.05, 0) is 99.0 Å². The second-order valence-corrected chi connectivity index (χ2v) is 10.3. The Hall–Kier alpha value is -1.13. The van der Waals surface area contributed by atoms with E-state index in [9.17, 15) is 5.21 Å². The third-order valence-corrected chi connectivity index (χ3v) is 9.83. The summed E-state index contributed by atoms with van der Waals surface area (Å²) in [4.78, 5) is 0. The molecular formula is C24H33NO3. The molecule has 4 heteroatoms. The Labute approximate surface area is 168 Å². The molecule has 4 nitrogen and oxygen atoms in total. The number of fused-ring (bicyclic) bond motifs is 9. The zero-order valence-electron chi connectivity index (χ0n) is 17.1. The van der Waals surface area contributed by atoms with Gasteiger partial charge in [0, 0.05) is 12.5 Å². The van der Waals surface area contributed by atoms with Crippen LogP contribution in [0.2, 0.25) is 0 Å². The SMILES string of the molecule is CC[C@]12CCC3C(CCC4=C/C(=N/O)CC[C@@H]43)C1[C@@H]1C[C@@H]1[C@@]21C=CC(OC)O1. The minimum atomic E-state index is -0.156. The predicted molar refractivity (Wildman–Crippen MR) is 107 cm³/mol. The molecule has 28 heavy (non-hydrogen) atoms. The summed E-state index contributed by atoms with van der Waals surface area (Å²) >= 11 is 0. The molecule has 0 bridgehead atoms. The van der Waals surface area contributed by atoms with E-state index in [0.29, 0.717) is 11.3 Å². The fourth-order valence-corrected chi connectivity index (χ4v) is 8.87. The first kappa shape index (κ1) is 17.7. The Morgan fingerprint density at radius 1 is 1.21 bits per heavy atom. The van der Waals surface area contributed by atoms with Crippen molar-refractivity contribution in [1.29, 1.82) is 0 Å². The summed E-state index contributed by atoms with van der Waals surface area (Å²) in [6, 6.07) is 0. The van der Waals surface area contributed by atoms with Crippen LogP contribution < -0.4 is 0 Å². The molecule has 0 aromatic carbocycles. The average Bonchev–Trinajstić information content (AvgIpc) is 3.36. The van der Waals surface area contributed by atoms with Gasteiger partial charge < -0.3 is 14.7 Å². The monoisotopic (exact) mass is 383 g/mol. The fourth-order valence-electron chi connectivity index (χ4n) is 8.87. The highest BCUT2D eigenvalue weighted by Crippen LogP contribution is 2.78. The number of hydrogen-bond acceptors (Lipinski definition) is 4. The molecule has 0 aromatic heterocycles. The van der Waals surface area contributed by atoms with Gasteiger partial charge in [0.2, 0.25) is 0 Å². The number of nitrogens with zero attached hydrogens (tertiary/aromatic N) is 1. The van der Waals surface area contributed by atoms with Gasteiger partial charge in [0.15, 0.2) is 6.29 Å². The van der Waals surface area contributed by atoms with Crippen molar-refractivity contribution in [3.05, 3.63) is 23.8 Å². The summed E-state index contributed by atoms with van der Waals surface area (Å²) in [5.74, 6) is 4.78. The van der Waals surface area contributed by atoms with Crippen molar-refractivity contribution >= 4 is 5.71 Å². The molecule has 4 saturated carbocycles. The van der Waals surface area contributed by atoms with Crippen LogP contribution >= 0.6 is 0 Å². The van der Waals surface area contributed by atoms with E-state index in [-0.39, 0.29) is 11.9 Å². The molecule has 1 heterocycles. The van der Waals surface area contributed by atoms with Crippen molar-refractivity contribution in [1.82, 2.24) is 0 Å². The van der Waals surface area contributed by atoms with Gasteiger partial charge in [-0.15, -0.1) is 0 Å². The first-order valence-corrected chi connectivity index (χ1v) is 11.5. The number of rotatable bonds is 2. The molecule has 6 rings (SSSR count). The highest BCUT2D eigenvalue weighted by Gasteiger charge is 2.77. The normalized spacial score (nSPS) is 54.9. The Morgan fingerprint density at radius 2 is 2.11 bits per heavy atom. The molecule has 5 aliphatic carbocycles. The third kappa shape index (κ3) is 2.01. The van der Waals surface area contributed by atoms with Crippen molar-refractivity contribution in [2.24, 2.45) is 46.1 Å². The Balaban J connectivity index is 1.36. The van der Waals surface area contributed by atoms with E-state index < -0.39 is 0 Å². The lowest BCUT2D eigenvalue weighted by molar-refractivity contribution is -0.210. The smallest absolute Gasteiger partial charge is 0.177 e. The van der Waals surface area contributed by atoms with E-state index in [1.54, 1.807) is 12.7 Å². The predicted octanol–water partition coefficient (Wildman–Crippen LogP) is 4.93. The maximum atomic E-state index is 9.22. The standard InChI is InChI=1S/C24H33NO3/c1-3-23-10-8-17-16-7-5-15(25-26)12-14(16)4-6-18(17)22(23)19-13-20(19)24(23)11-9-21(27-2)28-24/h9,11-12,16-22,26H,3-8,10,13H2,1-2H3/b25-15+/t16-,17?,18?,19+,20-,21?,22?,23-,24-/m0/s1. The van der Waals surface area contributed by atoms with Gasteiger partial charge in [-0.3, -0.25) is 0 Å². The lowest BCUT2D eigenvalue weighted by Crippen LogP contribution is -2.56. The summed E-state index contributed by atoms with van der Waals surface area (Å²) in [5, 5.41) is 12.7. The quantitative estimate of drug-likeness (QED) is 0.418. The molecule has 9 atom stereocenters. The molecule has 1 N–H and O–H groups in total. The van der Waals surface area contributed by atoms with Crippen LogP contribution in [-0.2, 0) is 9.47 Å². The molecular weight excluding hydrogens is 350 g/mol. The first-order chi connectivity index (χ1) is 13.7. The van der Waals surface area contributed by atoms with Gasteiger partial charge in [0.1, 0.15) is 0 Å². The molecule has 1 spiro atoms. The maximum absolute atomic E-state index is 9.22. The number of ether oxygens (including phenoxy) is 2. The van der Waals surface area contributed by atoms with Crippen LogP contribution in [0.5, 0.6) is 0 Å². The van der Waals surface area contributed by atoms with Crippen LogP contribution in [0.3, 0.4) is 0 Å². The highest BCUT2D eigenvalue weighted by atomic mass is 16.7. The summed E-state index contributed by atoms with van der Waals surface area (Å²) in [6.07, 6.45) is 16.5. The molecule has 0 amide bonds. The molecule has 4 fully saturated rings. The van der Waals surface area contributed by atoms with Gasteiger partial charge >= 0.3 is 0 Å². The van der Waals surface area contributed by atoms with Crippen LogP contribution in [0.15, 0.2) is 29.0 Å². The average molecular weight is 384 g/mol. The van der Waals surface area contributed by atoms with Crippen LogP contribution in [-0.4, -0.2) is 29.9 Å². The van der Waals surface area contributed by atoms with E-state index in [1.807, 2.05) is 0 Å². The van der Waals surface area contributed by atoms with Crippen LogP contribution in [0.1, 0.15) is 58.3 Å². The lowest BCUT2D eigenvalue weighted by atomic mass is 9.48. The van der Waals surface area contributed by atoms with Gasteiger partial charge in [-0.25, -0.2) is 0 Å². The molecule has 1 aliphatic heterocycles. The van der Waals surface area contributed by atoms with Crippen LogP contribution in [0.25, 0.3) is 0 Å². The van der Waals surface area contributed by atoms with Crippen LogP contribution in [0.4, 0.5) is 0 Å². The van der Waals surface area contributed by atoms with Crippen molar-refractivity contribution in [3.63, 3.8) is 0 Å². The van der Waals surface area contributed by atoms with E-state index in [2.05, 4.69) is 30.3 Å². The summed E-state index contributed by atoms with van der Waals surface area (Å²) in [6.45, 7) is 2.41. The minimum absolute atomic E-state index is 0.0673. The van der Waals surface area contributed by atoms with E-state index in [0.717, 1.165) is 41.7 Å². The zero-order chi connectivity index (χ0) is 19.1. The van der Waals surface area contributed by atoms with Gasteiger partial charge in [-0.1, -0.05) is 23.7 Å². The number of methoxy groups -OCH3 is 1. The highest BCUT2D eigenvalue weighted by molar-refractivity contribution is 5.96. The molecule has 0 aromatic rings. The van der Waals surface area contributed by atoms with Crippen molar-refractivity contribution < 1.29 is 14.7 Å². The Morgan fingerprint density at radius 3 is 2.86 bits per heavy atom. The summed E-state index contributed by atoms with van der Waals surface area (Å²) < 4.78 is 12.3. The number of allylic oxidation sites excluding steroid dienone is 2. The second-order valence-electron chi connectivity index (χ2n) is 10.3. The number of hydrogen-bond donors (Lipinski definition) is 1. The lowest BCUT2D eigenvalue weighted by Gasteiger charge is -2.58. The van der Waals surface area contributed by atoms with Crippen molar-refractivity contribution in [2.75, 3.05) is 7.11 Å².